The fraction of sp³-hybridized carbons (Fsp3) is 0.0909. The van der Waals surface area contributed by atoms with Crippen molar-refractivity contribution < 1.29 is 8.91 Å². The molecule has 0 aliphatic rings. The van der Waals surface area contributed by atoms with Gasteiger partial charge in [-0.1, -0.05) is 16.8 Å². The smallest absolute Gasteiger partial charge is 0.184 e. The monoisotopic (exact) mass is 251 g/mol. The van der Waals surface area contributed by atoms with E-state index < -0.39 is 5.82 Å². The van der Waals surface area contributed by atoms with Gasteiger partial charge in [0.25, 0.3) is 0 Å². The number of halogens is 2. The molecule has 6 heteroatoms. The average Bonchev–Trinajstić information content (AvgIpc) is 2.82. The van der Waals surface area contributed by atoms with Gasteiger partial charge in [0, 0.05) is 6.07 Å². The van der Waals surface area contributed by atoms with E-state index in [1.165, 1.54) is 29.4 Å². The van der Waals surface area contributed by atoms with Gasteiger partial charge in [0.1, 0.15) is 17.8 Å². The van der Waals surface area contributed by atoms with Gasteiger partial charge in [-0.2, -0.15) is 5.26 Å². The van der Waals surface area contributed by atoms with E-state index in [0.29, 0.717) is 11.4 Å². The molecular formula is C11H7ClFN3O. The molecule has 4 nitrogen and oxygen atoms in total. The van der Waals surface area contributed by atoms with Crippen LogP contribution in [0.2, 0.25) is 5.02 Å². The maximum Gasteiger partial charge on any atom is 0.184 e. The second kappa shape index (κ2) is 4.85. The summed E-state index contributed by atoms with van der Waals surface area (Å²) in [6.45, 7) is 0.245. The molecule has 0 atom stereocenters. The van der Waals surface area contributed by atoms with Gasteiger partial charge >= 0.3 is 0 Å². The first-order valence-electron chi connectivity index (χ1n) is 4.72. The predicted octanol–water partition coefficient (Wildman–Crippen LogP) is 2.95. The molecule has 0 radical (unpaired) electrons. The zero-order chi connectivity index (χ0) is 12.3. The summed E-state index contributed by atoms with van der Waals surface area (Å²) in [5, 5.41) is 12.7. The maximum atomic E-state index is 13.0. The molecule has 86 valence electrons. The summed E-state index contributed by atoms with van der Waals surface area (Å²) in [6.07, 6.45) is 3.39. The first kappa shape index (κ1) is 11.4. The molecule has 2 rings (SSSR count). The zero-order valence-electron chi connectivity index (χ0n) is 8.60. The number of benzene rings is 1. The molecule has 2 aromatic rings. The van der Waals surface area contributed by atoms with Crippen LogP contribution in [0.15, 0.2) is 35.1 Å². The summed E-state index contributed by atoms with van der Waals surface area (Å²) in [5.74, 6) is -0.519. The fourth-order valence-corrected chi connectivity index (χ4v) is 1.49. The highest BCUT2D eigenvalue weighted by atomic mass is 35.5. The first-order chi connectivity index (χ1) is 8.20. The van der Waals surface area contributed by atoms with Crippen molar-refractivity contribution in [3.63, 3.8) is 0 Å². The van der Waals surface area contributed by atoms with Crippen molar-refractivity contribution in [1.29, 1.82) is 5.26 Å². The number of nitriles is 1. The van der Waals surface area contributed by atoms with Crippen molar-refractivity contribution in [2.45, 2.75) is 6.54 Å². The van der Waals surface area contributed by atoms with E-state index >= 15 is 0 Å². The van der Waals surface area contributed by atoms with E-state index in [9.17, 15) is 4.39 Å². The predicted molar refractivity (Wildman–Crippen MR) is 59.7 cm³/mol. The van der Waals surface area contributed by atoms with Crippen LogP contribution in [0.1, 0.15) is 5.69 Å². The Morgan fingerprint density at radius 1 is 1.47 bits per heavy atom. The van der Waals surface area contributed by atoms with Crippen molar-refractivity contribution >= 4 is 17.3 Å². The number of hydrogen-bond donors (Lipinski definition) is 0. The van der Waals surface area contributed by atoms with Crippen LogP contribution in [-0.2, 0) is 6.54 Å². The summed E-state index contributed by atoms with van der Waals surface area (Å²) in [7, 11) is 0. The summed E-state index contributed by atoms with van der Waals surface area (Å²) in [6, 6.07) is 5.73. The zero-order valence-corrected chi connectivity index (χ0v) is 9.36. The average molecular weight is 252 g/mol. The molecule has 1 aromatic carbocycles. The van der Waals surface area contributed by atoms with Crippen LogP contribution < -0.4 is 4.90 Å². The third-order valence-electron chi connectivity index (χ3n) is 2.15. The fourth-order valence-electron chi connectivity index (χ4n) is 1.32. The highest BCUT2D eigenvalue weighted by molar-refractivity contribution is 6.31. The molecule has 0 bridgehead atoms. The van der Waals surface area contributed by atoms with Crippen molar-refractivity contribution in [3.05, 3.63) is 47.1 Å². The molecule has 0 spiro atoms. The minimum Gasteiger partial charge on any atom is -0.364 e. The van der Waals surface area contributed by atoms with E-state index in [1.807, 2.05) is 6.19 Å². The number of aromatic nitrogens is 1. The van der Waals surface area contributed by atoms with Gasteiger partial charge in [-0.25, -0.2) is 4.39 Å². The van der Waals surface area contributed by atoms with E-state index in [2.05, 4.69) is 9.68 Å². The van der Waals surface area contributed by atoms with Crippen molar-refractivity contribution in [1.82, 2.24) is 5.16 Å². The van der Waals surface area contributed by atoms with Crippen LogP contribution in [0.5, 0.6) is 0 Å². The van der Waals surface area contributed by atoms with Gasteiger partial charge in [0.2, 0.25) is 0 Å². The summed E-state index contributed by atoms with van der Waals surface area (Å²) in [4.78, 5) is 1.34. The minimum absolute atomic E-state index is 0.0251. The standard InChI is InChI=1S/C11H7ClFN3O/c12-10-5-9(1-2-11(10)13)16(7-14)6-8-3-4-17-15-8/h1-5H,6H2. The maximum absolute atomic E-state index is 13.0. The molecule has 1 heterocycles. The summed E-state index contributed by atoms with van der Waals surface area (Å²) >= 11 is 5.65. The van der Waals surface area contributed by atoms with Crippen molar-refractivity contribution in [2.75, 3.05) is 4.90 Å². The normalized spacial score (nSPS) is 9.94. The van der Waals surface area contributed by atoms with Gasteiger partial charge in [-0.15, -0.1) is 0 Å². The Labute approximate surface area is 102 Å². The summed E-state index contributed by atoms with van der Waals surface area (Å²) in [5.41, 5.74) is 1.11. The number of hydrogen-bond acceptors (Lipinski definition) is 4. The van der Waals surface area contributed by atoms with E-state index in [-0.39, 0.29) is 11.6 Å². The van der Waals surface area contributed by atoms with Crippen LogP contribution in [0.3, 0.4) is 0 Å². The van der Waals surface area contributed by atoms with Gasteiger partial charge in [-0.3, -0.25) is 4.90 Å². The molecule has 0 unspecified atom stereocenters. The third kappa shape index (κ3) is 2.55. The van der Waals surface area contributed by atoms with Crippen molar-refractivity contribution in [3.8, 4) is 6.19 Å². The number of anilines is 1. The second-order valence-corrected chi connectivity index (χ2v) is 3.68. The topological polar surface area (TPSA) is 53.1 Å². The highest BCUT2D eigenvalue weighted by Gasteiger charge is 2.10. The van der Waals surface area contributed by atoms with Gasteiger partial charge in [0.05, 0.1) is 17.3 Å². The first-order valence-corrected chi connectivity index (χ1v) is 5.10. The third-order valence-corrected chi connectivity index (χ3v) is 2.44. The Balaban J connectivity index is 2.24. The van der Waals surface area contributed by atoms with Crippen LogP contribution in [0.25, 0.3) is 0 Å². The molecule has 0 fully saturated rings. The SMILES string of the molecule is N#CN(Cc1ccon1)c1ccc(F)c(Cl)c1. The van der Waals surface area contributed by atoms with Crippen LogP contribution in [-0.4, -0.2) is 5.16 Å². The lowest BCUT2D eigenvalue weighted by molar-refractivity contribution is 0.412. The Bertz CT molecular complexity index is 550. The largest absolute Gasteiger partial charge is 0.364 e. The van der Waals surface area contributed by atoms with E-state index in [0.717, 1.165) is 0 Å². The highest BCUT2D eigenvalue weighted by Crippen LogP contribution is 2.23. The second-order valence-electron chi connectivity index (χ2n) is 3.28. The quantitative estimate of drug-likeness (QED) is 0.622. The van der Waals surface area contributed by atoms with Gasteiger partial charge in [0.15, 0.2) is 6.19 Å². The van der Waals surface area contributed by atoms with Crippen LogP contribution in [0, 0.1) is 17.3 Å². The van der Waals surface area contributed by atoms with Crippen LogP contribution in [0.4, 0.5) is 10.1 Å². The molecular weight excluding hydrogens is 245 g/mol. The molecule has 0 saturated carbocycles. The van der Waals surface area contributed by atoms with Crippen molar-refractivity contribution in [2.24, 2.45) is 0 Å². The molecule has 0 aliphatic carbocycles. The lowest BCUT2D eigenvalue weighted by atomic mass is 10.2. The minimum atomic E-state index is -0.519. The van der Waals surface area contributed by atoms with Crippen LogP contribution >= 0.6 is 11.6 Å². The Kier molecular flexibility index (Phi) is 3.26. The Hall–Kier alpha value is -2.06. The Morgan fingerprint density at radius 2 is 2.29 bits per heavy atom. The molecule has 1 aromatic heterocycles. The van der Waals surface area contributed by atoms with E-state index in [4.69, 9.17) is 16.9 Å². The molecule has 0 amide bonds. The van der Waals surface area contributed by atoms with Gasteiger partial charge < -0.3 is 4.52 Å². The molecule has 0 N–H and O–H groups in total. The lowest BCUT2D eigenvalue weighted by Gasteiger charge is -2.14. The van der Waals surface area contributed by atoms with E-state index in [1.54, 1.807) is 6.07 Å². The Morgan fingerprint density at radius 3 is 2.88 bits per heavy atom. The number of nitrogens with zero attached hydrogens (tertiary/aromatic N) is 3. The lowest BCUT2D eigenvalue weighted by Crippen LogP contribution is -2.15. The van der Waals surface area contributed by atoms with Gasteiger partial charge in [-0.05, 0) is 18.2 Å². The summed E-state index contributed by atoms with van der Waals surface area (Å²) < 4.78 is 17.6. The number of rotatable bonds is 3. The molecule has 0 aliphatic heterocycles. The molecule has 0 saturated heterocycles. The molecule has 17 heavy (non-hydrogen) atoms.